The fourth-order valence-electron chi connectivity index (χ4n) is 2.69. The van der Waals surface area contributed by atoms with Gasteiger partial charge in [-0.1, -0.05) is 17.7 Å². The van der Waals surface area contributed by atoms with Crippen molar-refractivity contribution in [1.82, 2.24) is 14.8 Å². The molecule has 1 aromatic heterocycles. The summed E-state index contributed by atoms with van der Waals surface area (Å²) < 4.78 is 21.3. The smallest absolute Gasteiger partial charge is 0.151 e. The maximum absolute atomic E-state index is 14.1. The molecule has 1 aliphatic rings. The molecule has 0 amide bonds. The number of thioether (sulfide) groups is 1. The van der Waals surface area contributed by atoms with E-state index in [1.807, 2.05) is 0 Å². The van der Waals surface area contributed by atoms with Crippen molar-refractivity contribution in [2.24, 2.45) is 0 Å². The Kier molecular flexibility index (Phi) is 5.56. The average molecular weight is 356 g/mol. The molecule has 1 atom stereocenters. The van der Waals surface area contributed by atoms with Crippen LogP contribution in [0.15, 0.2) is 18.2 Å². The third kappa shape index (κ3) is 3.87. The highest BCUT2D eigenvalue weighted by atomic mass is 35.5. The Labute approximate surface area is 144 Å². The van der Waals surface area contributed by atoms with E-state index in [0.29, 0.717) is 23.7 Å². The third-order valence-electron chi connectivity index (χ3n) is 3.94. The lowest BCUT2D eigenvalue weighted by Gasteiger charge is -2.11. The van der Waals surface area contributed by atoms with Gasteiger partial charge in [0.15, 0.2) is 5.82 Å². The largest absolute Gasteiger partial charge is 0.381 e. The minimum atomic E-state index is -0.313. The first kappa shape index (κ1) is 16.7. The molecule has 0 N–H and O–H groups in total. The molecule has 0 spiro atoms. The van der Waals surface area contributed by atoms with Crippen molar-refractivity contribution < 1.29 is 9.13 Å². The van der Waals surface area contributed by atoms with Crippen molar-refractivity contribution >= 4 is 23.4 Å². The number of hydrogen-bond donors (Lipinski definition) is 0. The molecule has 0 aliphatic carbocycles. The van der Waals surface area contributed by atoms with Crippen LogP contribution in [-0.4, -0.2) is 40.0 Å². The SMILES string of the molecule is CSCCc1nc([C@H]2CCOC2)n(Cc2c(F)cccc2Cl)n1. The number of halogens is 2. The van der Waals surface area contributed by atoms with Crippen LogP contribution in [0.3, 0.4) is 0 Å². The number of aryl methyl sites for hydroxylation is 1. The van der Waals surface area contributed by atoms with Crippen LogP contribution < -0.4 is 0 Å². The molecule has 0 bridgehead atoms. The van der Waals surface area contributed by atoms with Gasteiger partial charge < -0.3 is 4.74 Å². The average Bonchev–Trinajstić information content (AvgIpc) is 3.18. The zero-order valence-electron chi connectivity index (χ0n) is 13.0. The van der Waals surface area contributed by atoms with Gasteiger partial charge in [-0.3, -0.25) is 0 Å². The zero-order chi connectivity index (χ0) is 16.2. The summed E-state index contributed by atoms with van der Waals surface area (Å²) in [6, 6.07) is 4.73. The summed E-state index contributed by atoms with van der Waals surface area (Å²) in [4.78, 5) is 4.68. The first-order valence-corrected chi connectivity index (χ1v) is 9.39. The van der Waals surface area contributed by atoms with E-state index in [2.05, 4.69) is 16.3 Å². The second-order valence-electron chi connectivity index (χ2n) is 5.55. The number of aromatic nitrogens is 3. The molecule has 0 radical (unpaired) electrons. The van der Waals surface area contributed by atoms with Gasteiger partial charge in [0, 0.05) is 35.3 Å². The molecule has 7 heteroatoms. The van der Waals surface area contributed by atoms with Crippen LogP contribution in [0.2, 0.25) is 5.02 Å². The van der Waals surface area contributed by atoms with Gasteiger partial charge in [-0.2, -0.15) is 16.9 Å². The minimum absolute atomic E-state index is 0.219. The van der Waals surface area contributed by atoms with Gasteiger partial charge in [0.25, 0.3) is 0 Å². The molecule has 0 unspecified atom stereocenters. The van der Waals surface area contributed by atoms with E-state index in [-0.39, 0.29) is 11.7 Å². The molecule has 1 fully saturated rings. The molecule has 124 valence electrons. The van der Waals surface area contributed by atoms with Crippen molar-refractivity contribution in [3.63, 3.8) is 0 Å². The van der Waals surface area contributed by atoms with E-state index in [9.17, 15) is 4.39 Å². The molecule has 2 aromatic rings. The lowest BCUT2D eigenvalue weighted by molar-refractivity contribution is 0.192. The van der Waals surface area contributed by atoms with Gasteiger partial charge in [0.05, 0.1) is 13.2 Å². The van der Waals surface area contributed by atoms with Crippen molar-refractivity contribution in [1.29, 1.82) is 0 Å². The monoisotopic (exact) mass is 355 g/mol. The van der Waals surface area contributed by atoms with Crippen LogP contribution in [-0.2, 0) is 17.7 Å². The Bertz CT molecular complexity index is 653. The normalized spacial score (nSPS) is 17.8. The predicted octanol–water partition coefficient (Wildman–Crippen LogP) is 3.53. The minimum Gasteiger partial charge on any atom is -0.381 e. The van der Waals surface area contributed by atoms with E-state index >= 15 is 0 Å². The highest BCUT2D eigenvalue weighted by Crippen LogP contribution is 2.26. The van der Waals surface area contributed by atoms with Gasteiger partial charge in [0.1, 0.15) is 11.6 Å². The summed E-state index contributed by atoms with van der Waals surface area (Å²) in [5.74, 6) is 2.54. The Morgan fingerprint density at radius 2 is 2.35 bits per heavy atom. The topological polar surface area (TPSA) is 39.9 Å². The Morgan fingerprint density at radius 3 is 3.04 bits per heavy atom. The Morgan fingerprint density at radius 1 is 1.48 bits per heavy atom. The summed E-state index contributed by atoms with van der Waals surface area (Å²) in [5.41, 5.74) is 0.454. The first-order valence-electron chi connectivity index (χ1n) is 7.62. The van der Waals surface area contributed by atoms with Gasteiger partial charge in [-0.15, -0.1) is 0 Å². The molecule has 23 heavy (non-hydrogen) atoms. The highest BCUT2D eigenvalue weighted by Gasteiger charge is 2.25. The number of nitrogens with zero attached hydrogens (tertiary/aromatic N) is 3. The standard InChI is InChI=1S/C16H19ClFN3OS/c1-23-8-6-15-19-16(11-5-7-22-10-11)21(20-15)9-12-13(17)3-2-4-14(12)18/h2-4,11H,5-10H2,1H3/t11-/m0/s1. The fourth-order valence-corrected chi connectivity index (χ4v) is 3.30. The second-order valence-corrected chi connectivity index (χ2v) is 6.94. The number of ether oxygens (including phenoxy) is 1. The summed E-state index contributed by atoms with van der Waals surface area (Å²) in [7, 11) is 0. The van der Waals surface area contributed by atoms with E-state index in [0.717, 1.165) is 36.9 Å². The Balaban J connectivity index is 1.91. The van der Waals surface area contributed by atoms with Gasteiger partial charge >= 0.3 is 0 Å². The predicted molar refractivity (Wildman–Crippen MR) is 90.8 cm³/mol. The molecule has 1 saturated heterocycles. The summed E-state index contributed by atoms with van der Waals surface area (Å²) >= 11 is 7.91. The lowest BCUT2D eigenvalue weighted by Crippen LogP contribution is -2.13. The first-order chi connectivity index (χ1) is 11.2. The second kappa shape index (κ2) is 7.64. The molecular formula is C16H19ClFN3OS. The number of benzene rings is 1. The van der Waals surface area contributed by atoms with Crippen molar-refractivity contribution in [3.8, 4) is 0 Å². The third-order valence-corrected chi connectivity index (χ3v) is 4.90. The molecular weight excluding hydrogens is 337 g/mol. The van der Waals surface area contributed by atoms with Crippen LogP contribution >= 0.6 is 23.4 Å². The molecule has 4 nitrogen and oxygen atoms in total. The number of rotatable bonds is 6. The maximum atomic E-state index is 14.1. The van der Waals surface area contributed by atoms with Crippen LogP contribution in [0.1, 0.15) is 29.6 Å². The Hall–Kier alpha value is -1.11. The van der Waals surface area contributed by atoms with Crippen molar-refractivity contribution in [3.05, 3.63) is 46.3 Å². The van der Waals surface area contributed by atoms with Crippen LogP contribution in [0.5, 0.6) is 0 Å². The van der Waals surface area contributed by atoms with E-state index in [4.69, 9.17) is 16.3 Å². The molecule has 2 heterocycles. The maximum Gasteiger partial charge on any atom is 0.151 e. The quantitative estimate of drug-likeness (QED) is 0.794. The van der Waals surface area contributed by atoms with E-state index in [1.54, 1.807) is 28.6 Å². The summed E-state index contributed by atoms with van der Waals surface area (Å²) in [5, 5.41) is 5.00. The summed E-state index contributed by atoms with van der Waals surface area (Å²) in [6.45, 7) is 1.67. The molecule has 1 aromatic carbocycles. The highest BCUT2D eigenvalue weighted by molar-refractivity contribution is 7.98. The van der Waals surface area contributed by atoms with Crippen LogP contribution in [0.4, 0.5) is 4.39 Å². The van der Waals surface area contributed by atoms with Gasteiger partial charge in [0.2, 0.25) is 0 Å². The molecule has 3 rings (SSSR count). The molecule has 0 saturated carbocycles. The van der Waals surface area contributed by atoms with E-state index in [1.165, 1.54) is 6.07 Å². The van der Waals surface area contributed by atoms with Crippen molar-refractivity contribution in [2.45, 2.75) is 25.3 Å². The lowest BCUT2D eigenvalue weighted by atomic mass is 10.1. The zero-order valence-corrected chi connectivity index (χ0v) is 14.5. The van der Waals surface area contributed by atoms with Gasteiger partial charge in [-0.25, -0.2) is 14.1 Å². The summed E-state index contributed by atoms with van der Waals surface area (Å²) in [6.07, 6.45) is 3.78. The number of hydrogen-bond acceptors (Lipinski definition) is 4. The van der Waals surface area contributed by atoms with Crippen molar-refractivity contribution in [2.75, 3.05) is 25.2 Å². The molecule has 1 aliphatic heterocycles. The van der Waals surface area contributed by atoms with E-state index < -0.39 is 0 Å². The van der Waals surface area contributed by atoms with Gasteiger partial charge in [-0.05, 0) is 24.8 Å². The van der Waals surface area contributed by atoms with Crippen LogP contribution in [0.25, 0.3) is 0 Å². The van der Waals surface area contributed by atoms with Crippen LogP contribution in [0, 0.1) is 5.82 Å². The fraction of sp³-hybridized carbons (Fsp3) is 0.500.